The van der Waals surface area contributed by atoms with E-state index >= 15 is 0 Å². The van der Waals surface area contributed by atoms with Crippen molar-refractivity contribution in [2.45, 2.75) is 32.2 Å². The predicted molar refractivity (Wildman–Crippen MR) is 55.1 cm³/mol. The average molecular weight is 268 g/mol. The molecular weight excluding hydrogens is 254 g/mol. The lowest BCUT2D eigenvalue weighted by Gasteiger charge is -2.14. The molecule has 0 N–H and O–H groups in total. The van der Waals surface area contributed by atoms with Crippen molar-refractivity contribution in [1.82, 2.24) is 0 Å². The van der Waals surface area contributed by atoms with Gasteiger partial charge in [-0.25, -0.2) is 0 Å². The average Bonchev–Trinajstić information content (AvgIpc) is 2.11. The summed E-state index contributed by atoms with van der Waals surface area (Å²) < 4.78 is 4.76. The number of esters is 1. The highest BCUT2D eigenvalue weighted by atomic mass is 79.9. The first-order chi connectivity index (χ1) is 6.40. The summed E-state index contributed by atoms with van der Waals surface area (Å²) in [5.74, 6) is -0.389. The number of ether oxygens (including phenoxy) is 1. The van der Waals surface area contributed by atoms with Crippen molar-refractivity contribution in [1.29, 1.82) is 0 Å². The number of halogens is 1. The molecule has 0 unspecified atom stereocenters. The fraction of sp³-hybridized carbons (Fsp3) is 0.875. The molecule has 0 saturated carbocycles. The van der Waals surface area contributed by atoms with Crippen LogP contribution in [0.2, 0.25) is 0 Å². The summed E-state index contributed by atoms with van der Waals surface area (Å²) in [7, 11) is 0. The molecule has 0 aromatic heterocycles. The van der Waals surface area contributed by atoms with E-state index < -0.39 is 5.54 Å². The van der Waals surface area contributed by atoms with Gasteiger partial charge in [-0.15, -0.1) is 0 Å². The molecule has 0 fully saturated rings. The third kappa shape index (κ3) is 5.16. The van der Waals surface area contributed by atoms with Crippen LogP contribution in [0.3, 0.4) is 0 Å². The lowest BCUT2D eigenvalue weighted by molar-refractivity contribution is -0.561. The minimum Gasteiger partial charge on any atom is -0.465 e. The lowest BCUT2D eigenvalue weighted by atomic mass is 10.00. The first kappa shape index (κ1) is 13.4. The molecule has 0 aromatic carbocycles. The zero-order valence-corrected chi connectivity index (χ0v) is 9.87. The summed E-state index contributed by atoms with van der Waals surface area (Å²) in [4.78, 5) is 21.1. The largest absolute Gasteiger partial charge is 0.465 e. The van der Waals surface area contributed by atoms with Crippen LogP contribution in [0.1, 0.15) is 26.7 Å². The minimum absolute atomic E-state index is 0.0843. The molecule has 0 aliphatic carbocycles. The van der Waals surface area contributed by atoms with E-state index in [2.05, 4.69) is 15.9 Å². The smallest absolute Gasteiger partial charge is 0.306 e. The van der Waals surface area contributed by atoms with E-state index in [9.17, 15) is 14.9 Å². The van der Waals surface area contributed by atoms with Gasteiger partial charge in [-0.3, -0.25) is 14.9 Å². The highest BCUT2D eigenvalue weighted by molar-refractivity contribution is 9.09. The molecule has 82 valence electrons. The second-order valence-corrected chi connectivity index (χ2v) is 4.27. The van der Waals surface area contributed by atoms with Crippen LogP contribution in [0.4, 0.5) is 0 Å². The Balaban J connectivity index is 3.82. The number of rotatable bonds is 6. The molecule has 0 radical (unpaired) electrons. The summed E-state index contributed by atoms with van der Waals surface area (Å²) in [6, 6.07) is 0. The van der Waals surface area contributed by atoms with Gasteiger partial charge < -0.3 is 4.74 Å². The van der Waals surface area contributed by atoms with Crippen LogP contribution in [0.25, 0.3) is 0 Å². The first-order valence-corrected chi connectivity index (χ1v) is 5.38. The number of alkyl halides is 1. The fourth-order valence-electron chi connectivity index (χ4n) is 0.724. The van der Waals surface area contributed by atoms with Crippen LogP contribution in [-0.2, 0) is 9.53 Å². The van der Waals surface area contributed by atoms with Gasteiger partial charge in [0, 0.05) is 30.5 Å². The lowest BCUT2D eigenvalue weighted by Crippen LogP contribution is -2.31. The molecule has 0 saturated heterocycles. The topological polar surface area (TPSA) is 69.4 Å². The maximum Gasteiger partial charge on any atom is 0.306 e. The summed E-state index contributed by atoms with van der Waals surface area (Å²) in [5, 5.41) is 11.1. The van der Waals surface area contributed by atoms with Gasteiger partial charge in [-0.1, -0.05) is 15.9 Å². The number of hydrogen-bond acceptors (Lipinski definition) is 4. The predicted octanol–water partition coefficient (Wildman–Crippen LogP) is 1.76. The van der Waals surface area contributed by atoms with E-state index in [0.29, 0.717) is 11.9 Å². The molecule has 14 heavy (non-hydrogen) atoms. The Morgan fingerprint density at radius 1 is 1.57 bits per heavy atom. The second kappa shape index (κ2) is 5.95. The van der Waals surface area contributed by atoms with Gasteiger partial charge in [0.15, 0.2) is 0 Å². The molecule has 0 heterocycles. The van der Waals surface area contributed by atoms with Gasteiger partial charge in [-0.2, -0.15) is 0 Å². The number of hydrogen-bond donors (Lipinski definition) is 0. The van der Waals surface area contributed by atoms with Crippen LogP contribution in [0, 0.1) is 10.1 Å². The van der Waals surface area contributed by atoms with E-state index in [1.165, 1.54) is 13.8 Å². The molecule has 0 bridgehead atoms. The number of carbonyl (C=O) groups is 1. The SMILES string of the molecule is CC(C)(CCC(=O)OCCBr)[N+](=O)[O-]. The van der Waals surface area contributed by atoms with Gasteiger partial charge in [-0.05, 0) is 0 Å². The zero-order valence-electron chi connectivity index (χ0n) is 8.29. The fourth-order valence-corrected chi connectivity index (χ4v) is 0.886. The van der Waals surface area contributed by atoms with Crippen LogP contribution >= 0.6 is 15.9 Å². The van der Waals surface area contributed by atoms with Crippen molar-refractivity contribution in [3.8, 4) is 0 Å². The molecule has 0 aliphatic heterocycles. The maximum absolute atomic E-state index is 11.0. The molecule has 0 rings (SSSR count). The summed E-state index contributed by atoms with van der Waals surface area (Å²) in [6.45, 7) is 3.28. The van der Waals surface area contributed by atoms with E-state index in [-0.39, 0.29) is 23.7 Å². The van der Waals surface area contributed by atoms with Crippen LogP contribution in [0.5, 0.6) is 0 Å². The van der Waals surface area contributed by atoms with Gasteiger partial charge in [0.25, 0.3) is 0 Å². The third-order valence-corrected chi connectivity index (χ3v) is 2.10. The summed E-state index contributed by atoms with van der Waals surface area (Å²) in [5.41, 5.74) is -1.06. The number of nitrogens with zero attached hydrogens (tertiary/aromatic N) is 1. The summed E-state index contributed by atoms with van der Waals surface area (Å²) >= 11 is 3.11. The van der Waals surface area contributed by atoms with Crippen molar-refractivity contribution >= 4 is 21.9 Å². The Labute approximate surface area is 91.1 Å². The molecule has 0 amide bonds. The van der Waals surface area contributed by atoms with Gasteiger partial charge in [0.05, 0.1) is 6.42 Å². The Kier molecular flexibility index (Phi) is 5.68. The molecule has 0 atom stereocenters. The van der Waals surface area contributed by atoms with E-state index in [1.807, 2.05) is 0 Å². The molecule has 5 nitrogen and oxygen atoms in total. The van der Waals surface area contributed by atoms with E-state index in [4.69, 9.17) is 4.74 Å². The Morgan fingerprint density at radius 3 is 2.57 bits per heavy atom. The van der Waals surface area contributed by atoms with Crippen LogP contribution in [0.15, 0.2) is 0 Å². The number of nitro groups is 1. The summed E-state index contributed by atoms with van der Waals surface area (Å²) in [6.07, 6.45) is 0.280. The van der Waals surface area contributed by atoms with Gasteiger partial charge in [0.2, 0.25) is 5.54 Å². The van der Waals surface area contributed by atoms with Crippen molar-refractivity contribution in [2.75, 3.05) is 11.9 Å². The van der Waals surface area contributed by atoms with Gasteiger partial charge in [0.1, 0.15) is 6.61 Å². The van der Waals surface area contributed by atoms with Crippen LogP contribution < -0.4 is 0 Å². The van der Waals surface area contributed by atoms with Crippen LogP contribution in [-0.4, -0.2) is 28.4 Å². The van der Waals surface area contributed by atoms with Crippen molar-refractivity contribution in [2.24, 2.45) is 0 Å². The quantitative estimate of drug-likeness (QED) is 0.318. The molecule has 0 aliphatic rings. The molecule has 0 spiro atoms. The maximum atomic E-state index is 11.0. The van der Waals surface area contributed by atoms with Crippen molar-refractivity contribution < 1.29 is 14.5 Å². The standard InChI is InChI=1S/C8H14BrNO4/c1-8(2,10(12)13)4-3-7(11)14-6-5-9/h3-6H2,1-2H3. The molecular formula is C8H14BrNO4. The minimum atomic E-state index is -1.06. The monoisotopic (exact) mass is 267 g/mol. The molecule has 6 heteroatoms. The molecule has 0 aromatic rings. The Bertz CT molecular complexity index is 217. The Morgan fingerprint density at radius 2 is 2.14 bits per heavy atom. The third-order valence-electron chi connectivity index (χ3n) is 1.78. The number of carbonyl (C=O) groups excluding carboxylic acids is 1. The van der Waals surface area contributed by atoms with E-state index in [0.717, 1.165) is 0 Å². The van der Waals surface area contributed by atoms with Crippen molar-refractivity contribution in [3.63, 3.8) is 0 Å². The highest BCUT2D eigenvalue weighted by Crippen LogP contribution is 2.15. The van der Waals surface area contributed by atoms with Crippen molar-refractivity contribution in [3.05, 3.63) is 10.1 Å². The van der Waals surface area contributed by atoms with Gasteiger partial charge >= 0.3 is 5.97 Å². The van der Waals surface area contributed by atoms with E-state index in [1.54, 1.807) is 0 Å². The zero-order chi connectivity index (χ0) is 11.2. The Hall–Kier alpha value is -0.650. The normalized spacial score (nSPS) is 11.1. The first-order valence-electron chi connectivity index (χ1n) is 4.26. The second-order valence-electron chi connectivity index (χ2n) is 3.48. The highest BCUT2D eigenvalue weighted by Gasteiger charge is 2.31.